The number of ether oxygens (including phenoxy) is 1. The van der Waals surface area contributed by atoms with Gasteiger partial charge in [0, 0.05) is 18.7 Å². The maximum absolute atomic E-state index is 5.45. The van der Waals surface area contributed by atoms with E-state index in [1.165, 1.54) is 0 Å². The van der Waals surface area contributed by atoms with Crippen LogP contribution in [0, 0.1) is 0 Å². The van der Waals surface area contributed by atoms with E-state index in [-0.39, 0.29) is 0 Å². The molecule has 1 N–H and O–H groups in total. The van der Waals surface area contributed by atoms with Gasteiger partial charge < -0.3 is 9.72 Å². The summed E-state index contributed by atoms with van der Waals surface area (Å²) < 4.78 is 5.45. The predicted octanol–water partition coefficient (Wildman–Crippen LogP) is 1.85. The molecule has 4 nitrogen and oxygen atoms in total. The summed E-state index contributed by atoms with van der Waals surface area (Å²) in [7, 11) is 0. The van der Waals surface area contributed by atoms with Crippen molar-refractivity contribution in [2.24, 2.45) is 0 Å². The highest BCUT2D eigenvalue weighted by Crippen LogP contribution is 2.24. The number of fused-ring (bicyclic) bond motifs is 1. The first-order valence-corrected chi connectivity index (χ1v) is 5.32. The molecular weight excluding hydrogens is 190 g/mol. The first kappa shape index (κ1) is 8.85. The second kappa shape index (κ2) is 3.62. The van der Waals surface area contributed by atoms with Gasteiger partial charge in [-0.25, -0.2) is 9.97 Å². The van der Waals surface area contributed by atoms with Crippen molar-refractivity contribution in [3.05, 3.63) is 24.2 Å². The third kappa shape index (κ3) is 1.61. The van der Waals surface area contributed by atoms with Crippen LogP contribution in [0.4, 0.5) is 0 Å². The highest BCUT2D eigenvalue weighted by atomic mass is 16.5. The average molecular weight is 203 g/mol. The molecule has 0 spiro atoms. The number of imidazole rings is 1. The third-order valence-electron chi connectivity index (χ3n) is 2.82. The summed E-state index contributed by atoms with van der Waals surface area (Å²) in [6.45, 7) is 1.66. The van der Waals surface area contributed by atoms with E-state index >= 15 is 0 Å². The van der Waals surface area contributed by atoms with Crippen molar-refractivity contribution < 1.29 is 4.74 Å². The molecule has 3 heterocycles. The zero-order valence-electron chi connectivity index (χ0n) is 8.44. The van der Waals surface area contributed by atoms with Crippen molar-refractivity contribution in [2.75, 3.05) is 13.2 Å². The van der Waals surface area contributed by atoms with Gasteiger partial charge in [-0.1, -0.05) is 0 Å². The van der Waals surface area contributed by atoms with Gasteiger partial charge in [0.1, 0.15) is 5.82 Å². The Hall–Kier alpha value is -1.42. The molecule has 0 aliphatic carbocycles. The number of hydrogen-bond acceptors (Lipinski definition) is 3. The largest absolute Gasteiger partial charge is 0.381 e. The van der Waals surface area contributed by atoms with Gasteiger partial charge in [0.05, 0.1) is 12.1 Å². The summed E-state index contributed by atoms with van der Waals surface area (Å²) >= 11 is 0. The summed E-state index contributed by atoms with van der Waals surface area (Å²) in [6, 6.07) is 3.92. The lowest BCUT2D eigenvalue weighted by Crippen LogP contribution is -2.16. The molecule has 0 amide bonds. The minimum atomic E-state index is 0.410. The molecular formula is C11H13N3O. The van der Waals surface area contributed by atoms with Crippen LogP contribution >= 0.6 is 0 Å². The van der Waals surface area contributed by atoms with Crippen LogP contribution in [0.3, 0.4) is 0 Å². The molecule has 1 aliphatic rings. The van der Waals surface area contributed by atoms with Crippen molar-refractivity contribution in [1.29, 1.82) is 0 Å². The summed E-state index contributed by atoms with van der Waals surface area (Å²) in [5.41, 5.74) is 1.82. The molecule has 0 radical (unpaired) electrons. The van der Waals surface area contributed by atoms with Crippen molar-refractivity contribution in [1.82, 2.24) is 15.0 Å². The standard InChI is InChI=1S/C11H13N3O/c1-4-9-11(12-5-1)14-10(13-9)8-3-2-6-15-7-8/h1,4-5,8H,2-3,6-7H2,(H,12,13,14). The smallest absolute Gasteiger partial charge is 0.177 e. The molecule has 2 aromatic heterocycles. The highest BCUT2D eigenvalue weighted by Gasteiger charge is 2.19. The zero-order valence-corrected chi connectivity index (χ0v) is 8.44. The molecule has 3 rings (SSSR count). The first-order valence-electron chi connectivity index (χ1n) is 5.32. The van der Waals surface area contributed by atoms with Crippen molar-refractivity contribution in [2.45, 2.75) is 18.8 Å². The molecule has 1 saturated heterocycles. The number of rotatable bonds is 1. The molecule has 1 unspecified atom stereocenters. The minimum absolute atomic E-state index is 0.410. The van der Waals surface area contributed by atoms with Gasteiger partial charge >= 0.3 is 0 Å². The van der Waals surface area contributed by atoms with E-state index in [0.717, 1.165) is 43.0 Å². The van der Waals surface area contributed by atoms with Crippen molar-refractivity contribution in [3.63, 3.8) is 0 Å². The topological polar surface area (TPSA) is 50.8 Å². The van der Waals surface area contributed by atoms with Gasteiger partial charge in [-0.05, 0) is 25.0 Å². The highest BCUT2D eigenvalue weighted by molar-refractivity contribution is 5.70. The third-order valence-corrected chi connectivity index (χ3v) is 2.82. The zero-order chi connectivity index (χ0) is 10.1. The van der Waals surface area contributed by atoms with Crippen LogP contribution in [0.2, 0.25) is 0 Å². The van der Waals surface area contributed by atoms with Crippen LogP contribution in [0.15, 0.2) is 18.3 Å². The van der Waals surface area contributed by atoms with Gasteiger partial charge in [0.2, 0.25) is 0 Å². The number of aromatic amines is 1. The Morgan fingerprint density at radius 1 is 1.47 bits per heavy atom. The summed E-state index contributed by atoms with van der Waals surface area (Å²) in [6.07, 6.45) is 4.04. The molecule has 78 valence electrons. The molecule has 0 aromatic carbocycles. The fourth-order valence-electron chi connectivity index (χ4n) is 2.01. The summed E-state index contributed by atoms with van der Waals surface area (Å²) in [5.74, 6) is 1.43. The number of pyridine rings is 1. The molecule has 2 aromatic rings. The first-order chi connectivity index (χ1) is 7.43. The molecule has 4 heteroatoms. The molecule has 1 aliphatic heterocycles. The SMILES string of the molecule is c1cnc2nc(C3CCCOC3)[nH]c2c1. The monoisotopic (exact) mass is 203 g/mol. The van der Waals surface area contributed by atoms with Gasteiger partial charge in [0.15, 0.2) is 5.65 Å². The Kier molecular flexibility index (Phi) is 2.14. The van der Waals surface area contributed by atoms with Crippen LogP contribution in [0.1, 0.15) is 24.6 Å². The molecule has 0 saturated carbocycles. The van der Waals surface area contributed by atoms with Crippen LogP contribution in [-0.4, -0.2) is 28.2 Å². The summed E-state index contributed by atoms with van der Waals surface area (Å²) in [5, 5.41) is 0. The maximum Gasteiger partial charge on any atom is 0.177 e. The Morgan fingerprint density at radius 2 is 2.47 bits per heavy atom. The van der Waals surface area contributed by atoms with Crippen molar-refractivity contribution >= 4 is 11.2 Å². The lowest BCUT2D eigenvalue weighted by Gasteiger charge is -2.19. The predicted molar refractivity (Wildman–Crippen MR) is 56.7 cm³/mol. The van der Waals surface area contributed by atoms with Crippen molar-refractivity contribution in [3.8, 4) is 0 Å². The van der Waals surface area contributed by atoms with Crippen LogP contribution in [0.25, 0.3) is 11.2 Å². The maximum atomic E-state index is 5.45. The Bertz CT molecular complexity index is 427. The summed E-state index contributed by atoms with van der Waals surface area (Å²) in [4.78, 5) is 12.0. The fourth-order valence-corrected chi connectivity index (χ4v) is 2.01. The van der Waals surface area contributed by atoms with E-state index < -0.39 is 0 Å². The Balaban J connectivity index is 1.96. The van der Waals surface area contributed by atoms with Gasteiger partial charge in [-0.2, -0.15) is 0 Å². The molecule has 1 atom stereocenters. The molecule has 1 fully saturated rings. The lowest BCUT2D eigenvalue weighted by atomic mass is 10.0. The lowest BCUT2D eigenvalue weighted by molar-refractivity contribution is 0.0784. The van der Waals surface area contributed by atoms with E-state index in [9.17, 15) is 0 Å². The van der Waals surface area contributed by atoms with Gasteiger partial charge in [0.25, 0.3) is 0 Å². The molecule has 0 bridgehead atoms. The van der Waals surface area contributed by atoms with E-state index in [4.69, 9.17) is 4.74 Å². The van der Waals surface area contributed by atoms with Crippen LogP contribution in [0.5, 0.6) is 0 Å². The molecule has 15 heavy (non-hydrogen) atoms. The van der Waals surface area contributed by atoms with E-state index in [0.29, 0.717) is 5.92 Å². The van der Waals surface area contributed by atoms with E-state index in [1.807, 2.05) is 12.1 Å². The van der Waals surface area contributed by atoms with Crippen LogP contribution < -0.4 is 0 Å². The number of nitrogens with zero attached hydrogens (tertiary/aromatic N) is 2. The minimum Gasteiger partial charge on any atom is -0.381 e. The fraction of sp³-hybridized carbons (Fsp3) is 0.455. The number of nitrogens with one attached hydrogen (secondary N) is 1. The van der Waals surface area contributed by atoms with E-state index in [2.05, 4.69) is 15.0 Å². The van der Waals surface area contributed by atoms with Gasteiger partial charge in [-0.3, -0.25) is 0 Å². The Labute approximate surface area is 87.7 Å². The Morgan fingerprint density at radius 3 is 3.27 bits per heavy atom. The number of hydrogen-bond donors (Lipinski definition) is 1. The number of H-pyrrole nitrogens is 1. The number of aromatic nitrogens is 3. The van der Waals surface area contributed by atoms with Crippen LogP contribution in [-0.2, 0) is 4.74 Å². The quantitative estimate of drug-likeness (QED) is 0.769. The van der Waals surface area contributed by atoms with E-state index in [1.54, 1.807) is 6.20 Å². The normalized spacial score (nSPS) is 22.0. The van der Waals surface area contributed by atoms with Gasteiger partial charge in [-0.15, -0.1) is 0 Å². The second-order valence-electron chi connectivity index (χ2n) is 3.91. The average Bonchev–Trinajstić information content (AvgIpc) is 2.74. The second-order valence-corrected chi connectivity index (χ2v) is 3.91.